The maximum atomic E-state index is 2.81. The first-order valence-electron chi connectivity index (χ1n) is 7.35. The minimum Gasteiger partial charge on any atom is -0.298 e. The molecule has 3 rings (SSSR count). The van der Waals surface area contributed by atoms with Crippen LogP contribution in [0.4, 0.5) is 0 Å². The molecule has 2 heteroatoms. The summed E-state index contributed by atoms with van der Waals surface area (Å²) in [5.41, 5.74) is 0. The van der Waals surface area contributed by atoms with Crippen molar-refractivity contribution in [2.24, 2.45) is 5.92 Å². The second-order valence-corrected chi connectivity index (χ2v) is 6.08. The van der Waals surface area contributed by atoms with E-state index in [1.807, 2.05) is 0 Å². The average Bonchev–Trinajstić information content (AvgIpc) is 3.02. The van der Waals surface area contributed by atoms with Gasteiger partial charge < -0.3 is 0 Å². The summed E-state index contributed by atoms with van der Waals surface area (Å²) in [7, 11) is 0. The standard InChI is InChI=1S/C14H26N2/c1-2-13-10-15-8-3-4-14(15)11-16(13)9-7-12-5-6-12/h12-14H,2-11H2,1H3. The first-order valence-corrected chi connectivity index (χ1v) is 7.35. The molecule has 1 saturated carbocycles. The third kappa shape index (κ3) is 2.28. The van der Waals surface area contributed by atoms with Crippen LogP contribution in [0, 0.1) is 5.92 Å². The Morgan fingerprint density at radius 3 is 2.75 bits per heavy atom. The van der Waals surface area contributed by atoms with Crippen LogP contribution in [-0.2, 0) is 0 Å². The van der Waals surface area contributed by atoms with Gasteiger partial charge in [-0.05, 0) is 44.7 Å². The molecule has 0 N–H and O–H groups in total. The van der Waals surface area contributed by atoms with Gasteiger partial charge in [0, 0.05) is 25.2 Å². The molecule has 0 aromatic rings. The van der Waals surface area contributed by atoms with Gasteiger partial charge in [-0.15, -0.1) is 0 Å². The Morgan fingerprint density at radius 1 is 1.12 bits per heavy atom. The van der Waals surface area contributed by atoms with Gasteiger partial charge in [-0.1, -0.05) is 19.8 Å². The zero-order valence-electron chi connectivity index (χ0n) is 10.7. The molecule has 0 amide bonds. The van der Waals surface area contributed by atoms with Crippen LogP contribution in [0.15, 0.2) is 0 Å². The largest absolute Gasteiger partial charge is 0.298 e. The predicted octanol–water partition coefficient (Wildman–Crippen LogP) is 2.35. The van der Waals surface area contributed by atoms with Crippen LogP contribution in [-0.4, -0.2) is 48.1 Å². The summed E-state index contributed by atoms with van der Waals surface area (Å²) in [6, 6.07) is 1.76. The molecule has 2 atom stereocenters. The molecule has 2 unspecified atom stereocenters. The van der Waals surface area contributed by atoms with E-state index in [-0.39, 0.29) is 0 Å². The van der Waals surface area contributed by atoms with Crippen molar-refractivity contribution in [2.75, 3.05) is 26.2 Å². The molecule has 1 aliphatic carbocycles. The average molecular weight is 222 g/mol. The van der Waals surface area contributed by atoms with Crippen LogP contribution in [0.3, 0.4) is 0 Å². The SMILES string of the molecule is CCC1CN2CCCC2CN1CCC1CC1. The van der Waals surface area contributed by atoms with Crippen molar-refractivity contribution in [3.63, 3.8) is 0 Å². The van der Waals surface area contributed by atoms with Gasteiger partial charge in [-0.3, -0.25) is 9.80 Å². The quantitative estimate of drug-likeness (QED) is 0.720. The molecule has 2 heterocycles. The molecular formula is C14H26N2. The Hall–Kier alpha value is -0.0800. The summed E-state index contributed by atoms with van der Waals surface area (Å²) in [6.45, 7) is 7.84. The molecule has 92 valence electrons. The topological polar surface area (TPSA) is 6.48 Å². The first kappa shape index (κ1) is 11.0. The monoisotopic (exact) mass is 222 g/mol. The molecule has 3 aliphatic rings. The smallest absolute Gasteiger partial charge is 0.0224 e. The number of nitrogens with zero attached hydrogens (tertiary/aromatic N) is 2. The number of rotatable bonds is 4. The van der Waals surface area contributed by atoms with Crippen molar-refractivity contribution in [1.82, 2.24) is 9.80 Å². The molecule has 0 bridgehead atoms. The van der Waals surface area contributed by atoms with E-state index in [4.69, 9.17) is 0 Å². The summed E-state index contributed by atoms with van der Waals surface area (Å²) in [4.78, 5) is 5.56. The minimum absolute atomic E-state index is 0.855. The van der Waals surface area contributed by atoms with Gasteiger partial charge in [0.25, 0.3) is 0 Å². The molecule has 2 nitrogen and oxygen atoms in total. The number of hydrogen-bond acceptors (Lipinski definition) is 2. The van der Waals surface area contributed by atoms with E-state index in [2.05, 4.69) is 16.7 Å². The van der Waals surface area contributed by atoms with E-state index in [1.165, 1.54) is 64.7 Å². The third-order valence-electron chi connectivity index (χ3n) is 4.90. The highest BCUT2D eigenvalue weighted by Crippen LogP contribution is 2.33. The van der Waals surface area contributed by atoms with Crippen molar-refractivity contribution in [1.29, 1.82) is 0 Å². The summed E-state index contributed by atoms with van der Waals surface area (Å²) in [6.07, 6.45) is 8.74. The molecule has 2 saturated heterocycles. The maximum Gasteiger partial charge on any atom is 0.0224 e. The Morgan fingerprint density at radius 2 is 2.00 bits per heavy atom. The third-order valence-corrected chi connectivity index (χ3v) is 4.90. The highest BCUT2D eigenvalue weighted by molar-refractivity contribution is 4.92. The molecule has 3 fully saturated rings. The van der Waals surface area contributed by atoms with Crippen LogP contribution in [0.1, 0.15) is 45.4 Å². The first-order chi connectivity index (χ1) is 7.86. The summed E-state index contributed by atoms with van der Waals surface area (Å²) >= 11 is 0. The number of piperazine rings is 1. The van der Waals surface area contributed by atoms with E-state index in [0.717, 1.165) is 18.0 Å². The van der Waals surface area contributed by atoms with E-state index in [1.54, 1.807) is 0 Å². The zero-order valence-corrected chi connectivity index (χ0v) is 10.7. The van der Waals surface area contributed by atoms with E-state index >= 15 is 0 Å². The highest BCUT2D eigenvalue weighted by atomic mass is 15.3. The van der Waals surface area contributed by atoms with E-state index in [0.29, 0.717) is 0 Å². The van der Waals surface area contributed by atoms with Crippen LogP contribution in [0.25, 0.3) is 0 Å². The molecule has 16 heavy (non-hydrogen) atoms. The van der Waals surface area contributed by atoms with Crippen molar-refractivity contribution in [3.8, 4) is 0 Å². The second kappa shape index (κ2) is 4.66. The van der Waals surface area contributed by atoms with Gasteiger partial charge in [0.15, 0.2) is 0 Å². The van der Waals surface area contributed by atoms with Crippen molar-refractivity contribution < 1.29 is 0 Å². The van der Waals surface area contributed by atoms with Crippen LogP contribution < -0.4 is 0 Å². The van der Waals surface area contributed by atoms with Gasteiger partial charge in [-0.2, -0.15) is 0 Å². The molecule has 0 aromatic heterocycles. The molecular weight excluding hydrogens is 196 g/mol. The molecule has 0 aromatic carbocycles. The fourth-order valence-corrected chi connectivity index (χ4v) is 3.56. The lowest BCUT2D eigenvalue weighted by Gasteiger charge is -2.43. The molecule has 0 spiro atoms. The Kier molecular flexibility index (Phi) is 3.21. The normalized spacial score (nSPS) is 36.6. The second-order valence-electron chi connectivity index (χ2n) is 6.08. The van der Waals surface area contributed by atoms with Gasteiger partial charge >= 0.3 is 0 Å². The lowest BCUT2D eigenvalue weighted by Crippen LogP contribution is -2.55. The van der Waals surface area contributed by atoms with Crippen molar-refractivity contribution >= 4 is 0 Å². The van der Waals surface area contributed by atoms with Crippen LogP contribution in [0.5, 0.6) is 0 Å². The summed E-state index contributed by atoms with van der Waals surface area (Å²) in [5.74, 6) is 1.10. The Bertz CT molecular complexity index is 237. The lowest BCUT2D eigenvalue weighted by molar-refractivity contribution is 0.0475. The fraction of sp³-hybridized carbons (Fsp3) is 1.00. The summed E-state index contributed by atoms with van der Waals surface area (Å²) < 4.78 is 0. The molecule has 2 aliphatic heterocycles. The van der Waals surface area contributed by atoms with E-state index in [9.17, 15) is 0 Å². The Labute approximate surface area is 100.0 Å². The minimum atomic E-state index is 0.855. The maximum absolute atomic E-state index is 2.81. The predicted molar refractivity (Wildman–Crippen MR) is 67.6 cm³/mol. The highest BCUT2D eigenvalue weighted by Gasteiger charge is 2.35. The van der Waals surface area contributed by atoms with E-state index < -0.39 is 0 Å². The zero-order chi connectivity index (χ0) is 11.0. The summed E-state index contributed by atoms with van der Waals surface area (Å²) in [5, 5.41) is 0. The van der Waals surface area contributed by atoms with Gasteiger partial charge in [0.2, 0.25) is 0 Å². The Balaban J connectivity index is 1.56. The van der Waals surface area contributed by atoms with Crippen LogP contribution in [0.2, 0.25) is 0 Å². The van der Waals surface area contributed by atoms with Gasteiger partial charge in [0.05, 0.1) is 0 Å². The van der Waals surface area contributed by atoms with Crippen molar-refractivity contribution in [3.05, 3.63) is 0 Å². The van der Waals surface area contributed by atoms with Crippen molar-refractivity contribution in [2.45, 2.75) is 57.5 Å². The van der Waals surface area contributed by atoms with Gasteiger partial charge in [-0.25, -0.2) is 0 Å². The lowest BCUT2D eigenvalue weighted by atomic mass is 10.0. The van der Waals surface area contributed by atoms with Gasteiger partial charge in [0.1, 0.15) is 0 Å². The fourth-order valence-electron chi connectivity index (χ4n) is 3.56. The van der Waals surface area contributed by atoms with Crippen LogP contribution >= 0.6 is 0 Å². The number of hydrogen-bond donors (Lipinski definition) is 0. The number of fused-ring (bicyclic) bond motifs is 1. The molecule has 0 radical (unpaired) electrons.